The van der Waals surface area contributed by atoms with E-state index in [1.165, 1.54) is 19.3 Å². The second-order valence-corrected chi connectivity index (χ2v) is 6.35. The molecule has 2 saturated heterocycles. The molecule has 1 amide bonds. The van der Waals surface area contributed by atoms with Crippen LogP contribution in [0.25, 0.3) is 0 Å². The molecule has 2 heterocycles. The van der Waals surface area contributed by atoms with Crippen LogP contribution in [0.5, 0.6) is 0 Å². The van der Waals surface area contributed by atoms with E-state index >= 15 is 0 Å². The number of rotatable bonds is 3. The van der Waals surface area contributed by atoms with Crippen molar-refractivity contribution < 1.29 is 4.79 Å². The molecule has 5 nitrogen and oxygen atoms in total. The van der Waals surface area contributed by atoms with E-state index in [4.69, 9.17) is 11.5 Å². The summed E-state index contributed by atoms with van der Waals surface area (Å²) in [6.07, 6.45) is 3.87. The van der Waals surface area contributed by atoms with Crippen LogP contribution in [0, 0.1) is 0 Å². The lowest BCUT2D eigenvalue weighted by Crippen LogP contribution is -2.36. The van der Waals surface area contributed by atoms with Crippen LogP contribution in [0.2, 0.25) is 0 Å². The van der Waals surface area contributed by atoms with Crippen molar-refractivity contribution in [1.82, 2.24) is 9.80 Å². The van der Waals surface area contributed by atoms with E-state index in [-0.39, 0.29) is 0 Å². The molecular weight excluding hydrogens is 264 g/mol. The molecule has 5 heteroatoms. The Morgan fingerprint density at radius 3 is 2.76 bits per heavy atom. The van der Waals surface area contributed by atoms with E-state index in [1.807, 2.05) is 6.07 Å². The lowest BCUT2D eigenvalue weighted by Gasteiger charge is -2.26. The summed E-state index contributed by atoms with van der Waals surface area (Å²) in [5, 5.41) is 0. The molecule has 2 atom stereocenters. The van der Waals surface area contributed by atoms with Gasteiger partial charge < -0.3 is 11.5 Å². The molecule has 2 bridgehead atoms. The lowest BCUT2D eigenvalue weighted by atomic mass is 10.1. The molecule has 0 aromatic heterocycles. The fourth-order valence-corrected chi connectivity index (χ4v) is 3.66. The van der Waals surface area contributed by atoms with E-state index in [0.29, 0.717) is 17.3 Å². The molecule has 0 aliphatic carbocycles. The standard InChI is InChI=1S/C16H24N4O/c1-19-13-4-5-14(19)10-20(7-6-13)9-12-3-2-11(16(18)21)8-15(12)17/h2-3,8,13-14H,4-7,9-10,17H2,1H3,(H2,18,21). The van der Waals surface area contributed by atoms with E-state index in [2.05, 4.69) is 16.8 Å². The van der Waals surface area contributed by atoms with Gasteiger partial charge in [-0.2, -0.15) is 0 Å². The number of primary amides is 1. The first-order chi connectivity index (χ1) is 10.0. The SMILES string of the molecule is CN1C2CCC1CN(Cc1ccc(C(N)=O)cc1N)CC2. The van der Waals surface area contributed by atoms with Crippen molar-refractivity contribution in [1.29, 1.82) is 0 Å². The zero-order valence-electron chi connectivity index (χ0n) is 12.6. The highest BCUT2D eigenvalue weighted by atomic mass is 16.1. The summed E-state index contributed by atoms with van der Waals surface area (Å²) in [5.41, 5.74) is 13.6. The second kappa shape index (κ2) is 5.66. The number of amides is 1. The molecular formula is C16H24N4O. The highest BCUT2D eigenvalue weighted by Gasteiger charge is 2.34. The molecule has 2 aliphatic rings. The van der Waals surface area contributed by atoms with Crippen LogP contribution in [-0.4, -0.2) is 47.9 Å². The Balaban J connectivity index is 1.70. The molecule has 21 heavy (non-hydrogen) atoms. The summed E-state index contributed by atoms with van der Waals surface area (Å²) in [5.74, 6) is -0.429. The minimum atomic E-state index is -0.429. The summed E-state index contributed by atoms with van der Waals surface area (Å²) in [6.45, 7) is 3.06. The van der Waals surface area contributed by atoms with Crippen molar-refractivity contribution in [2.45, 2.75) is 37.9 Å². The van der Waals surface area contributed by atoms with Gasteiger partial charge in [-0.3, -0.25) is 14.6 Å². The number of anilines is 1. The average Bonchev–Trinajstić information content (AvgIpc) is 2.68. The minimum absolute atomic E-state index is 0.429. The third-order valence-corrected chi connectivity index (χ3v) is 5.06. The van der Waals surface area contributed by atoms with Crippen molar-refractivity contribution in [3.63, 3.8) is 0 Å². The van der Waals surface area contributed by atoms with Crippen LogP contribution in [0.15, 0.2) is 18.2 Å². The smallest absolute Gasteiger partial charge is 0.248 e. The van der Waals surface area contributed by atoms with Gasteiger partial charge in [0, 0.05) is 43.0 Å². The summed E-state index contributed by atoms with van der Waals surface area (Å²) in [6, 6.07) is 6.80. The van der Waals surface area contributed by atoms with Gasteiger partial charge in [-0.05, 0) is 44.0 Å². The van der Waals surface area contributed by atoms with Gasteiger partial charge in [0.05, 0.1) is 0 Å². The normalized spacial score (nSPS) is 26.7. The number of nitrogens with zero attached hydrogens (tertiary/aromatic N) is 2. The van der Waals surface area contributed by atoms with Gasteiger partial charge >= 0.3 is 0 Å². The quantitative estimate of drug-likeness (QED) is 0.815. The Hall–Kier alpha value is -1.59. The van der Waals surface area contributed by atoms with E-state index in [1.54, 1.807) is 12.1 Å². The predicted octanol–water partition coefficient (Wildman–Crippen LogP) is 1.04. The largest absolute Gasteiger partial charge is 0.398 e. The Morgan fingerprint density at radius 2 is 2.05 bits per heavy atom. The Labute approximate surface area is 125 Å². The van der Waals surface area contributed by atoms with Crippen LogP contribution < -0.4 is 11.5 Å². The number of likely N-dealkylation sites (tertiary alicyclic amines) is 1. The van der Waals surface area contributed by atoms with Gasteiger partial charge in [-0.15, -0.1) is 0 Å². The topological polar surface area (TPSA) is 75.6 Å². The molecule has 0 radical (unpaired) electrons. The number of nitrogen functional groups attached to an aromatic ring is 1. The molecule has 0 saturated carbocycles. The van der Waals surface area contributed by atoms with Gasteiger partial charge in [0.15, 0.2) is 0 Å². The number of nitrogens with two attached hydrogens (primary N) is 2. The van der Waals surface area contributed by atoms with E-state index in [0.717, 1.165) is 31.2 Å². The number of carbonyl (C=O) groups excluding carboxylic acids is 1. The van der Waals surface area contributed by atoms with Crippen molar-refractivity contribution in [2.24, 2.45) is 5.73 Å². The van der Waals surface area contributed by atoms with Crippen LogP contribution in [0.1, 0.15) is 35.2 Å². The van der Waals surface area contributed by atoms with Crippen molar-refractivity contribution in [3.05, 3.63) is 29.3 Å². The van der Waals surface area contributed by atoms with Gasteiger partial charge in [0.2, 0.25) is 5.91 Å². The van der Waals surface area contributed by atoms with Gasteiger partial charge in [0.25, 0.3) is 0 Å². The third-order valence-electron chi connectivity index (χ3n) is 5.06. The van der Waals surface area contributed by atoms with Crippen molar-refractivity contribution >= 4 is 11.6 Å². The minimum Gasteiger partial charge on any atom is -0.398 e. The molecule has 4 N–H and O–H groups in total. The molecule has 2 unspecified atom stereocenters. The monoisotopic (exact) mass is 288 g/mol. The first kappa shape index (κ1) is 14.4. The van der Waals surface area contributed by atoms with Crippen LogP contribution >= 0.6 is 0 Å². The average molecular weight is 288 g/mol. The number of benzene rings is 1. The highest BCUT2D eigenvalue weighted by molar-refractivity contribution is 5.93. The maximum Gasteiger partial charge on any atom is 0.248 e. The van der Waals surface area contributed by atoms with Gasteiger partial charge in [-0.1, -0.05) is 6.07 Å². The molecule has 2 fully saturated rings. The first-order valence-corrected chi connectivity index (χ1v) is 7.67. The third kappa shape index (κ3) is 2.89. The van der Waals surface area contributed by atoms with Crippen LogP contribution in [0.3, 0.4) is 0 Å². The zero-order valence-corrected chi connectivity index (χ0v) is 12.6. The van der Waals surface area contributed by atoms with Crippen molar-refractivity contribution in [3.8, 4) is 0 Å². The molecule has 1 aromatic carbocycles. The summed E-state index contributed by atoms with van der Waals surface area (Å²) in [7, 11) is 2.25. The van der Waals surface area contributed by atoms with Crippen LogP contribution in [0.4, 0.5) is 5.69 Å². The summed E-state index contributed by atoms with van der Waals surface area (Å²) in [4.78, 5) is 16.2. The van der Waals surface area contributed by atoms with Gasteiger partial charge in [-0.25, -0.2) is 0 Å². The number of hydrogen-bond donors (Lipinski definition) is 2. The molecule has 114 valence electrons. The number of carbonyl (C=O) groups is 1. The van der Waals surface area contributed by atoms with Crippen molar-refractivity contribution in [2.75, 3.05) is 25.9 Å². The Bertz CT molecular complexity index is 545. The number of hydrogen-bond acceptors (Lipinski definition) is 4. The fourth-order valence-electron chi connectivity index (χ4n) is 3.66. The maximum absolute atomic E-state index is 11.2. The number of fused-ring (bicyclic) bond motifs is 2. The van der Waals surface area contributed by atoms with Crippen LogP contribution in [-0.2, 0) is 6.54 Å². The molecule has 3 rings (SSSR count). The first-order valence-electron chi connectivity index (χ1n) is 7.67. The van der Waals surface area contributed by atoms with E-state index in [9.17, 15) is 4.79 Å². The van der Waals surface area contributed by atoms with Gasteiger partial charge in [0.1, 0.15) is 0 Å². The number of likely N-dealkylation sites (N-methyl/N-ethyl adjacent to an activating group) is 1. The maximum atomic E-state index is 11.2. The lowest BCUT2D eigenvalue weighted by molar-refractivity contribution is 0.100. The Morgan fingerprint density at radius 1 is 1.29 bits per heavy atom. The zero-order chi connectivity index (χ0) is 15.0. The highest BCUT2D eigenvalue weighted by Crippen LogP contribution is 2.29. The molecule has 1 aromatic rings. The fraction of sp³-hybridized carbons (Fsp3) is 0.562. The molecule has 2 aliphatic heterocycles. The summed E-state index contributed by atoms with van der Waals surface area (Å²) >= 11 is 0. The second-order valence-electron chi connectivity index (χ2n) is 6.35. The Kier molecular flexibility index (Phi) is 3.87. The molecule has 0 spiro atoms. The summed E-state index contributed by atoms with van der Waals surface area (Å²) < 4.78 is 0. The predicted molar refractivity (Wildman–Crippen MR) is 83.8 cm³/mol. The van der Waals surface area contributed by atoms with E-state index < -0.39 is 5.91 Å².